The monoisotopic (exact) mass is 400 g/mol. The van der Waals surface area contributed by atoms with E-state index in [0.717, 1.165) is 19.4 Å². The lowest BCUT2D eigenvalue weighted by molar-refractivity contribution is 0.162. The molecule has 150 valence electrons. The molecule has 0 N–H and O–H groups in total. The number of hydrogen-bond donors (Lipinski definition) is 0. The molecule has 1 saturated carbocycles. The first kappa shape index (κ1) is 20.1. The average Bonchev–Trinajstić information content (AvgIpc) is 3.06. The van der Waals surface area contributed by atoms with Gasteiger partial charge in [0, 0.05) is 17.9 Å². The molecule has 0 spiro atoms. The quantitative estimate of drug-likeness (QED) is 0.466. The third-order valence-electron chi connectivity index (χ3n) is 6.79. The first-order valence-electron chi connectivity index (χ1n) is 10.7. The van der Waals surface area contributed by atoms with Gasteiger partial charge in [-0.25, -0.2) is 0 Å². The Balaban J connectivity index is 1.80. The van der Waals surface area contributed by atoms with Crippen molar-refractivity contribution in [3.8, 4) is 0 Å². The Hall–Kier alpha value is -2.16. The molecule has 1 fully saturated rings. The fourth-order valence-corrected chi connectivity index (χ4v) is 9.90. The number of hydrogen-bond acceptors (Lipinski definition) is 1. The molecule has 0 bridgehead atoms. The molecule has 2 heteroatoms. The summed E-state index contributed by atoms with van der Waals surface area (Å²) in [5, 5.41) is 2.70. The normalized spacial score (nSPS) is 24.0. The van der Waals surface area contributed by atoms with Crippen molar-refractivity contribution >= 4 is 18.7 Å². The third-order valence-corrected chi connectivity index (χ3v) is 11.8. The van der Waals surface area contributed by atoms with E-state index in [1.54, 1.807) is 0 Å². The summed E-state index contributed by atoms with van der Waals surface area (Å²) in [4.78, 5) is 0. The Bertz CT molecular complexity index is 881. The zero-order valence-corrected chi connectivity index (χ0v) is 18.9. The summed E-state index contributed by atoms with van der Waals surface area (Å²) in [6.45, 7) is 12.1. The molecular weight excluding hydrogens is 368 g/mol. The third kappa shape index (κ3) is 3.39. The minimum atomic E-state index is -2.51. The predicted molar refractivity (Wildman–Crippen MR) is 126 cm³/mol. The van der Waals surface area contributed by atoms with Gasteiger partial charge in [0.1, 0.15) is 0 Å². The van der Waals surface area contributed by atoms with Crippen molar-refractivity contribution < 1.29 is 4.43 Å². The van der Waals surface area contributed by atoms with Gasteiger partial charge in [0.25, 0.3) is 8.32 Å². The van der Waals surface area contributed by atoms with Gasteiger partial charge in [0.2, 0.25) is 0 Å². The molecule has 2 aromatic carbocycles. The van der Waals surface area contributed by atoms with Gasteiger partial charge in [-0.2, -0.15) is 0 Å². The van der Waals surface area contributed by atoms with Crippen LogP contribution in [0.25, 0.3) is 0 Å². The topological polar surface area (TPSA) is 9.23 Å². The van der Waals surface area contributed by atoms with Gasteiger partial charge in [-0.05, 0) is 28.3 Å². The molecule has 4 rings (SSSR count). The maximum absolute atomic E-state index is 7.27. The second-order valence-electron chi connectivity index (χ2n) is 9.57. The highest BCUT2D eigenvalue weighted by atomic mass is 28.4. The first-order valence-corrected chi connectivity index (χ1v) is 12.6. The maximum atomic E-state index is 7.27. The molecule has 2 aromatic rings. The summed E-state index contributed by atoms with van der Waals surface area (Å²) < 4.78 is 7.27. The van der Waals surface area contributed by atoms with Crippen LogP contribution in [-0.2, 0) is 4.43 Å². The number of rotatable bonds is 5. The van der Waals surface area contributed by atoms with E-state index in [1.807, 2.05) is 0 Å². The van der Waals surface area contributed by atoms with Crippen molar-refractivity contribution in [1.82, 2.24) is 0 Å². The lowest BCUT2D eigenvalue weighted by Gasteiger charge is -2.45. The molecule has 0 aromatic heterocycles. The van der Waals surface area contributed by atoms with E-state index >= 15 is 0 Å². The van der Waals surface area contributed by atoms with E-state index in [-0.39, 0.29) is 10.5 Å². The number of benzene rings is 2. The van der Waals surface area contributed by atoms with Gasteiger partial charge in [-0.3, -0.25) is 0 Å². The van der Waals surface area contributed by atoms with Crippen LogP contribution in [0.5, 0.6) is 0 Å². The Morgan fingerprint density at radius 1 is 0.966 bits per heavy atom. The Morgan fingerprint density at radius 2 is 1.55 bits per heavy atom. The molecule has 2 atom stereocenters. The highest BCUT2D eigenvalue weighted by molar-refractivity contribution is 6.99. The van der Waals surface area contributed by atoms with Crippen molar-refractivity contribution in [2.24, 2.45) is 11.3 Å². The standard InChI is InChI=1S/C27H32OSi/c1-22-18-20-27(19-12-11-17-25(22)27)21-28-29(26(2,3)4,23-13-7-5-8-14-23)24-15-9-6-10-16-24/h5-17,19,25H,1,18,20-21H2,2-4H3/t25-,27+/m1/s1. The molecule has 2 aliphatic rings. The van der Waals surface area contributed by atoms with Crippen LogP contribution >= 0.6 is 0 Å². The molecule has 29 heavy (non-hydrogen) atoms. The van der Waals surface area contributed by atoms with E-state index in [2.05, 4.69) is 112 Å². The molecular formula is C27H32OSi. The van der Waals surface area contributed by atoms with Gasteiger partial charge in [0.15, 0.2) is 0 Å². The highest BCUT2D eigenvalue weighted by Gasteiger charge is 2.52. The molecule has 0 aliphatic heterocycles. The summed E-state index contributed by atoms with van der Waals surface area (Å²) in [5.74, 6) is 0.394. The molecule has 0 amide bonds. The number of fused-ring (bicyclic) bond motifs is 1. The van der Waals surface area contributed by atoms with Crippen molar-refractivity contribution in [2.45, 2.75) is 38.7 Å². The van der Waals surface area contributed by atoms with Crippen LogP contribution < -0.4 is 10.4 Å². The summed E-state index contributed by atoms with van der Waals surface area (Å²) in [7, 11) is -2.51. The van der Waals surface area contributed by atoms with Crippen LogP contribution in [0, 0.1) is 11.3 Å². The van der Waals surface area contributed by atoms with Gasteiger partial charge in [-0.15, -0.1) is 0 Å². The summed E-state index contributed by atoms with van der Waals surface area (Å²) in [5.41, 5.74) is 1.38. The molecule has 0 radical (unpaired) electrons. The Labute approximate surface area is 177 Å². The van der Waals surface area contributed by atoms with E-state index in [4.69, 9.17) is 4.43 Å². The van der Waals surface area contributed by atoms with Gasteiger partial charge < -0.3 is 4.43 Å². The first-order chi connectivity index (χ1) is 13.9. The van der Waals surface area contributed by atoms with Crippen LogP contribution in [0.1, 0.15) is 33.6 Å². The molecule has 1 nitrogen and oxygen atoms in total. The molecule has 0 saturated heterocycles. The summed E-state index contributed by atoms with van der Waals surface area (Å²) in [6, 6.07) is 21.9. The summed E-state index contributed by atoms with van der Waals surface area (Å²) >= 11 is 0. The number of allylic oxidation sites excluding steroid dienone is 4. The van der Waals surface area contributed by atoms with E-state index in [1.165, 1.54) is 15.9 Å². The molecule has 0 heterocycles. The van der Waals surface area contributed by atoms with E-state index in [9.17, 15) is 0 Å². The fraction of sp³-hybridized carbons (Fsp3) is 0.333. The zero-order chi connectivity index (χ0) is 20.5. The second kappa shape index (κ2) is 7.59. The average molecular weight is 401 g/mol. The zero-order valence-electron chi connectivity index (χ0n) is 17.9. The Morgan fingerprint density at radius 3 is 2.10 bits per heavy atom. The SMILES string of the molecule is C=C1CC[C@]2(CO[Si](c3ccccc3)(c3ccccc3)C(C)(C)C)C=CC=C[C@H]12. The van der Waals surface area contributed by atoms with Crippen LogP contribution in [-0.4, -0.2) is 14.9 Å². The van der Waals surface area contributed by atoms with Gasteiger partial charge >= 0.3 is 0 Å². The van der Waals surface area contributed by atoms with Gasteiger partial charge in [0.05, 0.1) is 0 Å². The van der Waals surface area contributed by atoms with Crippen molar-refractivity contribution in [2.75, 3.05) is 6.61 Å². The van der Waals surface area contributed by atoms with E-state index < -0.39 is 8.32 Å². The minimum absolute atomic E-state index is 0.00563. The predicted octanol–water partition coefficient (Wildman–Crippen LogP) is 5.64. The largest absolute Gasteiger partial charge is 0.406 e. The maximum Gasteiger partial charge on any atom is 0.261 e. The fourth-order valence-electron chi connectivity index (χ4n) is 5.26. The second-order valence-corrected chi connectivity index (χ2v) is 13.9. The smallest absolute Gasteiger partial charge is 0.261 e. The van der Waals surface area contributed by atoms with Crippen LogP contribution in [0.2, 0.25) is 5.04 Å². The highest BCUT2D eigenvalue weighted by Crippen LogP contribution is 2.51. The van der Waals surface area contributed by atoms with Gasteiger partial charge in [-0.1, -0.05) is 118 Å². The minimum Gasteiger partial charge on any atom is -0.406 e. The van der Waals surface area contributed by atoms with Crippen LogP contribution in [0.3, 0.4) is 0 Å². The van der Waals surface area contributed by atoms with Crippen LogP contribution in [0.4, 0.5) is 0 Å². The lowest BCUT2D eigenvalue weighted by atomic mass is 9.75. The molecule has 0 unspecified atom stereocenters. The van der Waals surface area contributed by atoms with Crippen molar-refractivity contribution in [3.63, 3.8) is 0 Å². The lowest BCUT2D eigenvalue weighted by Crippen LogP contribution is -2.67. The Kier molecular flexibility index (Phi) is 5.26. The summed E-state index contributed by atoms with van der Waals surface area (Å²) in [6.07, 6.45) is 11.3. The van der Waals surface area contributed by atoms with Crippen LogP contribution in [0.15, 0.2) is 97.1 Å². The van der Waals surface area contributed by atoms with Crippen molar-refractivity contribution in [3.05, 3.63) is 97.1 Å². The van der Waals surface area contributed by atoms with Crippen molar-refractivity contribution in [1.29, 1.82) is 0 Å². The van der Waals surface area contributed by atoms with E-state index in [0.29, 0.717) is 5.92 Å². The molecule has 2 aliphatic carbocycles.